The van der Waals surface area contributed by atoms with Gasteiger partial charge in [-0.3, -0.25) is 4.79 Å². The van der Waals surface area contributed by atoms with Gasteiger partial charge in [-0.05, 0) is 76.0 Å². The van der Waals surface area contributed by atoms with Gasteiger partial charge in [0.15, 0.2) is 0 Å². The molecule has 0 N–H and O–H groups in total. The van der Waals surface area contributed by atoms with E-state index in [-0.39, 0.29) is 11.9 Å². The van der Waals surface area contributed by atoms with Gasteiger partial charge in [-0.25, -0.2) is 0 Å². The Morgan fingerprint density at radius 3 is 2.04 bits per heavy atom. The molecular formula is C23H28O2. The smallest absolute Gasteiger partial charge is 0.314 e. The van der Waals surface area contributed by atoms with Crippen LogP contribution in [0, 0.1) is 25.7 Å². The molecule has 0 unspecified atom stereocenters. The lowest BCUT2D eigenvalue weighted by atomic mass is 9.79. The quantitative estimate of drug-likeness (QED) is 0.521. The molecule has 0 bridgehead atoms. The normalized spacial score (nSPS) is 20.2. The van der Waals surface area contributed by atoms with Gasteiger partial charge >= 0.3 is 5.97 Å². The molecule has 3 rings (SSSR count). The van der Waals surface area contributed by atoms with Crippen molar-refractivity contribution in [3.63, 3.8) is 0 Å². The topological polar surface area (TPSA) is 26.3 Å². The third-order valence-corrected chi connectivity index (χ3v) is 5.38. The number of carbonyl (C=O) groups excluding carboxylic acids is 1. The second-order valence-electron chi connectivity index (χ2n) is 7.48. The molecule has 0 aliphatic heterocycles. The van der Waals surface area contributed by atoms with E-state index in [2.05, 4.69) is 31.2 Å². The van der Waals surface area contributed by atoms with Crippen LogP contribution in [0.4, 0.5) is 0 Å². The van der Waals surface area contributed by atoms with Gasteiger partial charge in [0, 0.05) is 0 Å². The van der Waals surface area contributed by atoms with Crippen molar-refractivity contribution >= 4 is 5.97 Å². The first-order valence-corrected chi connectivity index (χ1v) is 9.44. The van der Waals surface area contributed by atoms with Crippen LogP contribution >= 0.6 is 0 Å². The standard InChI is InChI=1S/C23H28O2/c1-17-3-7-19(8-4-17)9-10-20-11-13-21(14-12-20)23(24)25-22-15-5-18(2)6-16-22/h3-8,15-16,20-21H,9-14H2,1-2H3. The highest BCUT2D eigenvalue weighted by molar-refractivity contribution is 5.75. The Kier molecular flexibility index (Phi) is 5.91. The van der Waals surface area contributed by atoms with Crippen molar-refractivity contribution in [1.82, 2.24) is 0 Å². The van der Waals surface area contributed by atoms with E-state index >= 15 is 0 Å². The minimum Gasteiger partial charge on any atom is -0.426 e. The molecule has 0 spiro atoms. The lowest BCUT2D eigenvalue weighted by molar-refractivity contribution is -0.140. The van der Waals surface area contributed by atoms with Crippen molar-refractivity contribution in [2.45, 2.75) is 52.4 Å². The Bertz CT molecular complexity index is 677. The maximum absolute atomic E-state index is 12.3. The van der Waals surface area contributed by atoms with Gasteiger partial charge in [0.2, 0.25) is 0 Å². The Morgan fingerprint density at radius 1 is 0.880 bits per heavy atom. The molecule has 1 aliphatic rings. The second-order valence-corrected chi connectivity index (χ2v) is 7.48. The van der Waals surface area contributed by atoms with Crippen LogP contribution in [0.2, 0.25) is 0 Å². The summed E-state index contributed by atoms with van der Waals surface area (Å²) in [5.74, 6) is 1.42. The number of carbonyl (C=O) groups is 1. The molecule has 2 aromatic rings. The Morgan fingerprint density at radius 2 is 1.44 bits per heavy atom. The summed E-state index contributed by atoms with van der Waals surface area (Å²) in [7, 11) is 0. The van der Waals surface area contributed by atoms with Gasteiger partial charge in [0.1, 0.15) is 5.75 Å². The molecule has 0 aromatic heterocycles. The maximum atomic E-state index is 12.3. The summed E-state index contributed by atoms with van der Waals surface area (Å²) in [4.78, 5) is 12.3. The summed E-state index contributed by atoms with van der Waals surface area (Å²) in [6, 6.07) is 16.6. The van der Waals surface area contributed by atoms with E-state index in [1.807, 2.05) is 31.2 Å². The predicted molar refractivity (Wildman–Crippen MR) is 102 cm³/mol. The van der Waals surface area contributed by atoms with Crippen LogP contribution in [-0.4, -0.2) is 5.97 Å². The van der Waals surface area contributed by atoms with Crippen LogP contribution in [0.5, 0.6) is 5.75 Å². The molecular weight excluding hydrogens is 308 g/mol. The molecule has 0 saturated heterocycles. The van der Waals surface area contributed by atoms with Crippen molar-refractivity contribution in [3.8, 4) is 5.75 Å². The second kappa shape index (κ2) is 8.33. The number of hydrogen-bond acceptors (Lipinski definition) is 2. The summed E-state index contributed by atoms with van der Waals surface area (Å²) in [5, 5.41) is 0. The number of hydrogen-bond donors (Lipinski definition) is 0. The van der Waals surface area contributed by atoms with Crippen molar-refractivity contribution in [3.05, 3.63) is 65.2 Å². The SMILES string of the molecule is Cc1ccc(CCC2CCC(C(=O)Oc3ccc(C)cc3)CC2)cc1. The zero-order valence-electron chi connectivity index (χ0n) is 15.3. The number of ether oxygens (including phenoxy) is 1. The van der Waals surface area contributed by atoms with E-state index in [9.17, 15) is 4.79 Å². The monoisotopic (exact) mass is 336 g/mol. The largest absolute Gasteiger partial charge is 0.426 e. The van der Waals surface area contributed by atoms with E-state index in [4.69, 9.17) is 4.74 Å². The first kappa shape index (κ1) is 17.7. The first-order valence-electron chi connectivity index (χ1n) is 9.44. The molecule has 2 nitrogen and oxygen atoms in total. The van der Waals surface area contributed by atoms with Crippen LogP contribution in [0.25, 0.3) is 0 Å². The fraction of sp³-hybridized carbons (Fsp3) is 0.435. The van der Waals surface area contributed by atoms with E-state index in [1.165, 1.54) is 23.1 Å². The summed E-state index contributed by atoms with van der Waals surface area (Å²) < 4.78 is 5.55. The summed E-state index contributed by atoms with van der Waals surface area (Å²) in [6.07, 6.45) is 6.57. The minimum atomic E-state index is -0.0548. The van der Waals surface area contributed by atoms with Crippen LogP contribution in [0.1, 0.15) is 48.8 Å². The third-order valence-electron chi connectivity index (χ3n) is 5.38. The zero-order valence-corrected chi connectivity index (χ0v) is 15.3. The Hall–Kier alpha value is -2.09. The molecule has 25 heavy (non-hydrogen) atoms. The fourth-order valence-corrected chi connectivity index (χ4v) is 3.62. The minimum absolute atomic E-state index is 0.0548. The van der Waals surface area contributed by atoms with E-state index in [0.29, 0.717) is 5.75 Å². The molecule has 0 amide bonds. The van der Waals surface area contributed by atoms with Gasteiger partial charge in [-0.2, -0.15) is 0 Å². The van der Waals surface area contributed by atoms with E-state index in [0.717, 1.165) is 38.0 Å². The summed E-state index contributed by atoms with van der Waals surface area (Å²) >= 11 is 0. The van der Waals surface area contributed by atoms with Crippen LogP contribution in [-0.2, 0) is 11.2 Å². The van der Waals surface area contributed by atoms with Gasteiger partial charge in [-0.1, -0.05) is 47.5 Å². The van der Waals surface area contributed by atoms with Crippen molar-refractivity contribution < 1.29 is 9.53 Å². The first-order chi connectivity index (χ1) is 12.1. The third kappa shape index (κ3) is 5.19. The van der Waals surface area contributed by atoms with Crippen molar-refractivity contribution in [2.75, 3.05) is 0 Å². The number of rotatable bonds is 5. The van der Waals surface area contributed by atoms with Crippen molar-refractivity contribution in [2.24, 2.45) is 11.8 Å². The molecule has 0 atom stereocenters. The molecule has 2 heteroatoms. The Balaban J connectivity index is 1.42. The lowest BCUT2D eigenvalue weighted by Crippen LogP contribution is -2.25. The molecule has 0 heterocycles. The molecule has 1 fully saturated rings. The highest BCUT2D eigenvalue weighted by Gasteiger charge is 2.27. The zero-order chi connectivity index (χ0) is 17.6. The lowest BCUT2D eigenvalue weighted by Gasteiger charge is -2.27. The highest BCUT2D eigenvalue weighted by atomic mass is 16.5. The fourth-order valence-electron chi connectivity index (χ4n) is 3.62. The van der Waals surface area contributed by atoms with Crippen LogP contribution < -0.4 is 4.74 Å². The molecule has 1 aliphatic carbocycles. The Labute approximate surface area is 151 Å². The van der Waals surface area contributed by atoms with Gasteiger partial charge < -0.3 is 4.74 Å². The number of benzene rings is 2. The van der Waals surface area contributed by atoms with Gasteiger partial charge in [0.25, 0.3) is 0 Å². The van der Waals surface area contributed by atoms with E-state index in [1.54, 1.807) is 0 Å². The van der Waals surface area contributed by atoms with Crippen LogP contribution in [0.3, 0.4) is 0 Å². The molecule has 2 aromatic carbocycles. The highest BCUT2D eigenvalue weighted by Crippen LogP contribution is 2.32. The average Bonchev–Trinajstić information content (AvgIpc) is 2.63. The van der Waals surface area contributed by atoms with Crippen LogP contribution in [0.15, 0.2) is 48.5 Å². The molecule has 1 saturated carbocycles. The molecule has 0 radical (unpaired) electrons. The van der Waals surface area contributed by atoms with Gasteiger partial charge in [0.05, 0.1) is 5.92 Å². The molecule has 132 valence electrons. The summed E-state index contributed by atoms with van der Waals surface area (Å²) in [5.41, 5.74) is 3.91. The summed E-state index contributed by atoms with van der Waals surface area (Å²) in [6.45, 7) is 4.16. The number of esters is 1. The van der Waals surface area contributed by atoms with Crippen molar-refractivity contribution in [1.29, 1.82) is 0 Å². The van der Waals surface area contributed by atoms with Gasteiger partial charge in [-0.15, -0.1) is 0 Å². The maximum Gasteiger partial charge on any atom is 0.314 e. The van der Waals surface area contributed by atoms with E-state index < -0.39 is 0 Å². The predicted octanol–water partition coefficient (Wildman–Crippen LogP) is 5.65. The average molecular weight is 336 g/mol. The number of aryl methyl sites for hydroxylation is 3.